The molecule has 3 aliphatic rings. The zero-order valence-corrected chi connectivity index (χ0v) is 25.8. The van der Waals surface area contributed by atoms with Crippen molar-refractivity contribution in [3.63, 3.8) is 0 Å². The molecule has 0 aliphatic carbocycles. The molecule has 0 radical (unpaired) electrons. The fourth-order valence-corrected chi connectivity index (χ4v) is 4.97. The van der Waals surface area contributed by atoms with E-state index in [4.69, 9.17) is 46.7 Å². The number of aromatic nitrogens is 8. The van der Waals surface area contributed by atoms with Gasteiger partial charge in [-0.15, -0.1) is 0 Å². The zero-order chi connectivity index (χ0) is 36.9. The second kappa shape index (κ2) is 16.4. The van der Waals surface area contributed by atoms with Crippen molar-refractivity contribution in [1.82, 2.24) is 38.6 Å². The molecular weight excluding hydrogens is 678 g/mol. The van der Waals surface area contributed by atoms with Crippen LogP contribution < -0.4 is 34.3 Å². The topological polar surface area (TPSA) is 398 Å². The van der Waals surface area contributed by atoms with Crippen LogP contribution in [0.5, 0.6) is 0 Å². The molecule has 3 aromatic heterocycles. The number of anilines is 3. The number of aliphatic hydroxyl groups excluding tert-OH is 8. The molecule has 3 aliphatic heterocycles. The number of hydrogen-bond donors (Lipinski definition) is 11. The maximum Gasteiger partial charge on any atom is 0.354 e. The smallest absolute Gasteiger partial charge is 0.354 e. The van der Waals surface area contributed by atoms with Crippen LogP contribution in [0.4, 0.5) is 17.7 Å². The van der Waals surface area contributed by atoms with Crippen LogP contribution in [0, 0.1) is 0 Å². The van der Waals surface area contributed by atoms with E-state index in [2.05, 4.69) is 24.9 Å². The Hall–Kier alpha value is -4.54. The molecule has 0 saturated carbocycles. The molecule has 3 fully saturated rings. The summed E-state index contributed by atoms with van der Waals surface area (Å²) < 4.78 is 18.6. The van der Waals surface area contributed by atoms with Gasteiger partial charge in [0.2, 0.25) is 11.9 Å². The van der Waals surface area contributed by atoms with Gasteiger partial charge in [-0.25, -0.2) is 24.4 Å². The average Bonchev–Trinajstić information content (AvgIpc) is 3.69. The predicted octanol–water partition coefficient (Wildman–Crippen LogP) is -7.87. The highest BCUT2D eigenvalue weighted by Gasteiger charge is 2.45. The van der Waals surface area contributed by atoms with Gasteiger partial charge in [0.15, 0.2) is 12.5 Å². The van der Waals surface area contributed by atoms with Crippen molar-refractivity contribution in [2.24, 2.45) is 0 Å². The first-order chi connectivity index (χ1) is 23.7. The Bertz CT molecular complexity index is 1670. The van der Waals surface area contributed by atoms with Crippen LogP contribution in [0.25, 0.3) is 0 Å². The lowest BCUT2D eigenvalue weighted by molar-refractivity contribution is -0.0554. The molecule has 25 nitrogen and oxygen atoms in total. The van der Waals surface area contributed by atoms with Gasteiger partial charge >= 0.3 is 17.1 Å². The van der Waals surface area contributed by atoms with Crippen molar-refractivity contribution >= 4 is 17.7 Å². The van der Waals surface area contributed by atoms with Gasteiger partial charge in [0.05, 0.1) is 25.9 Å². The molecule has 11 atom stereocenters. The summed E-state index contributed by atoms with van der Waals surface area (Å²) in [4.78, 5) is 52.0. The summed E-state index contributed by atoms with van der Waals surface area (Å²) in [5.74, 6) is -0.255. The average molecular weight is 716 g/mol. The molecule has 14 N–H and O–H groups in total. The summed E-state index contributed by atoms with van der Waals surface area (Å²) in [7, 11) is 0. The molecular formula is C25H37N11O14. The Morgan fingerprint density at radius 3 is 1.52 bits per heavy atom. The lowest BCUT2D eigenvalue weighted by Crippen LogP contribution is -2.36. The van der Waals surface area contributed by atoms with E-state index in [0.29, 0.717) is 0 Å². The van der Waals surface area contributed by atoms with Gasteiger partial charge in [-0.3, -0.25) is 13.7 Å². The molecule has 50 heavy (non-hydrogen) atoms. The third-order valence-electron chi connectivity index (χ3n) is 7.62. The second-order valence-electron chi connectivity index (χ2n) is 10.9. The van der Waals surface area contributed by atoms with Gasteiger partial charge in [0.25, 0.3) is 0 Å². The Morgan fingerprint density at radius 2 is 1.10 bits per heavy atom. The summed E-state index contributed by atoms with van der Waals surface area (Å²) in [6.45, 7) is -1.23. The maximum atomic E-state index is 11.5. The molecule has 0 amide bonds. The first-order valence-electron chi connectivity index (χ1n) is 14.7. The van der Waals surface area contributed by atoms with Crippen LogP contribution in [0.2, 0.25) is 0 Å². The van der Waals surface area contributed by atoms with Gasteiger partial charge in [-0.05, 0) is 6.07 Å². The largest absolute Gasteiger partial charge is 0.394 e. The molecule has 0 spiro atoms. The van der Waals surface area contributed by atoms with Crippen molar-refractivity contribution in [1.29, 1.82) is 0 Å². The van der Waals surface area contributed by atoms with E-state index < -0.39 is 97.8 Å². The van der Waals surface area contributed by atoms with E-state index in [1.165, 1.54) is 18.6 Å². The number of ether oxygens (including phenoxy) is 3. The second-order valence-corrected chi connectivity index (χ2v) is 10.9. The first-order valence-corrected chi connectivity index (χ1v) is 14.7. The summed E-state index contributed by atoms with van der Waals surface area (Å²) in [5.41, 5.74) is 13.7. The van der Waals surface area contributed by atoms with Crippen LogP contribution in [0.15, 0.2) is 39.3 Å². The molecule has 6 rings (SSSR count). The first kappa shape index (κ1) is 38.3. The molecule has 276 valence electrons. The number of aliphatic hydroxyl groups is 8. The molecule has 3 aromatic rings. The number of hydrogen-bond acceptors (Lipinski definition) is 22. The van der Waals surface area contributed by atoms with Gasteiger partial charge < -0.3 is 72.3 Å². The fraction of sp³-hybridized carbons (Fsp3) is 0.600. The van der Waals surface area contributed by atoms with Gasteiger partial charge in [0.1, 0.15) is 67.4 Å². The molecule has 3 saturated heterocycles. The zero-order valence-electron chi connectivity index (χ0n) is 25.8. The Labute approximate surface area is 279 Å². The van der Waals surface area contributed by atoms with Crippen LogP contribution in [0.1, 0.15) is 25.1 Å². The molecule has 0 aromatic carbocycles. The lowest BCUT2D eigenvalue weighted by Gasteiger charge is -2.16. The quantitative estimate of drug-likeness (QED) is 0.113. The Kier molecular flexibility index (Phi) is 12.6. The van der Waals surface area contributed by atoms with Crippen molar-refractivity contribution in [3.8, 4) is 0 Å². The normalized spacial score (nSPS) is 31.8. The fourth-order valence-electron chi connectivity index (χ4n) is 4.97. The molecule has 3 unspecified atom stereocenters. The highest BCUT2D eigenvalue weighted by molar-refractivity contribution is 5.23. The third kappa shape index (κ3) is 8.42. The third-order valence-corrected chi connectivity index (χ3v) is 7.62. The minimum atomic E-state index is -1.35. The van der Waals surface area contributed by atoms with Crippen molar-refractivity contribution < 1.29 is 55.1 Å². The van der Waals surface area contributed by atoms with E-state index in [9.17, 15) is 39.9 Å². The predicted molar refractivity (Wildman–Crippen MR) is 162 cm³/mol. The summed E-state index contributed by atoms with van der Waals surface area (Å²) in [6, 6.07) is 1.37. The lowest BCUT2D eigenvalue weighted by atomic mass is 10.1. The number of nitrogens with zero attached hydrogens (tertiary/aromatic N) is 8. The van der Waals surface area contributed by atoms with E-state index in [1.54, 1.807) is 0 Å². The van der Waals surface area contributed by atoms with Crippen molar-refractivity contribution in [3.05, 3.63) is 56.4 Å². The summed E-state index contributed by atoms with van der Waals surface area (Å²) in [6.07, 6.45) is -7.68. The van der Waals surface area contributed by atoms with Crippen LogP contribution in [-0.2, 0) is 14.2 Å². The Morgan fingerprint density at radius 1 is 0.640 bits per heavy atom. The number of nitrogen functional groups attached to an aromatic ring is 3. The standard InChI is InChI=1S/C9H13N3O5.C8H12N4O5.C8H12N4O4/c10-5-1-2-12(9(16)11-5)8-7(15)6(14)4(3-13)17-8;9-7-10-2-12(8(16)11-7)6-5(15)4(14)3(1-13)17-6;9-7-10-3-12(8(15)11-7)6-1-4(14)5(2-13)16-6/h1-2,4,6-8,13-15H,3H2,(H2,10,11,16);2-6,13-15H,1H2,(H2,9,11,16);3-6,13-14H,1-2H2,(H2,9,11,15)/t4-,6?,7+,8-;3-,4?,5+,6-;4?,5-,6-/m111/s1. The summed E-state index contributed by atoms with van der Waals surface area (Å²) >= 11 is 0. The van der Waals surface area contributed by atoms with E-state index in [1.807, 2.05) is 0 Å². The maximum absolute atomic E-state index is 11.5. The molecule has 6 heterocycles. The van der Waals surface area contributed by atoms with E-state index in [-0.39, 0.29) is 30.7 Å². The monoisotopic (exact) mass is 715 g/mol. The number of rotatable bonds is 6. The highest BCUT2D eigenvalue weighted by Crippen LogP contribution is 2.29. The van der Waals surface area contributed by atoms with Crippen LogP contribution in [0.3, 0.4) is 0 Å². The minimum absolute atomic E-state index is 0.0537. The van der Waals surface area contributed by atoms with E-state index >= 15 is 0 Å². The Balaban J connectivity index is 0.000000169. The molecule has 25 heteroatoms. The summed E-state index contributed by atoms with van der Waals surface area (Å²) in [5, 5.41) is 74.6. The van der Waals surface area contributed by atoms with Gasteiger partial charge in [-0.1, -0.05) is 0 Å². The van der Waals surface area contributed by atoms with Crippen LogP contribution in [-0.4, -0.2) is 148 Å². The number of nitrogens with two attached hydrogens (primary N) is 3. The van der Waals surface area contributed by atoms with Gasteiger partial charge in [-0.2, -0.15) is 15.0 Å². The van der Waals surface area contributed by atoms with Gasteiger partial charge in [0, 0.05) is 12.6 Å². The minimum Gasteiger partial charge on any atom is -0.394 e. The van der Waals surface area contributed by atoms with Crippen molar-refractivity contribution in [2.45, 2.75) is 73.9 Å². The highest BCUT2D eigenvalue weighted by atomic mass is 16.6. The van der Waals surface area contributed by atoms with E-state index in [0.717, 1.165) is 20.0 Å². The van der Waals surface area contributed by atoms with Crippen molar-refractivity contribution in [2.75, 3.05) is 37.0 Å². The SMILES string of the molecule is Nc1ccn([C@@H]2O[C@H](CO)C(O)[C@@H]2O)c(=O)n1.Nc1ncn([C@@H]2O[C@H](CO)C(O)[C@@H]2O)c(=O)n1.Nc1ncn([C@H]2CC(O)[C@@H](CO)O2)c(=O)n1. The van der Waals surface area contributed by atoms with Crippen LogP contribution >= 0.6 is 0 Å². The molecule has 0 bridgehead atoms.